The first kappa shape index (κ1) is 23.5. The molecule has 8 nitrogen and oxygen atoms in total. The summed E-state index contributed by atoms with van der Waals surface area (Å²) in [6, 6.07) is 11.4. The largest absolute Gasteiger partial charge is 0.378 e. The third kappa shape index (κ3) is 5.52. The van der Waals surface area contributed by atoms with Crippen molar-refractivity contribution in [3.63, 3.8) is 0 Å². The molecule has 3 aliphatic heterocycles. The molecule has 184 valence electrons. The van der Waals surface area contributed by atoms with Crippen LogP contribution in [-0.4, -0.2) is 48.4 Å². The third-order valence-corrected chi connectivity index (χ3v) is 5.93. The number of amides is 1. The van der Waals surface area contributed by atoms with Crippen molar-refractivity contribution < 1.29 is 13.9 Å². The summed E-state index contributed by atoms with van der Waals surface area (Å²) in [4.78, 5) is 23.2. The van der Waals surface area contributed by atoms with Crippen molar-refractivity contribution in [3.05, 3.63) is 89.7 Å². The number of rotatable bonds is 6. The number of ether oxygens (including phenoxy) is 1. The van der Waals surface area contributed by atoms with Crippen molar-refractivity contribution in [1.82, 2.24) is 9.99 Å². The van der Waals surface area contributed by atoms with Crippen LogP contribution in [0.25, 0.3) is 5.70 Å². The minimum absolute atomic E-state index is 0.516. The number of anilines is 3. The van der Waals surface area contributed by atoms with Gasteiger partial charge >= 0.3 is 0 Å². The highest BCUT2D eigenvalue weighted by atomic mass is 19.1. The predicted octanol–water partition coefficient (Wildman–Crippen LogP) is 4.66. The lowest BCUT2D eigenvalue weighted by Crippen LogP contribution is -2.36. The van der Waals surface area contributed by atoms with Gasteiger partial charge in [-0.25, -0.2) is 9.37 Å². The monoisotopic (exact) mass is 486 g/mol. The molecule has 0 bridgehead atoms. The number of allylic oxidation sites excluding steroid dienone is 4. The minimum Gasteiger partial charge on any atom is -0.378 e. The van der Waals surface area contributed by atoms with Gasteiger partial charge in [0.1, 0.15) is 11.6 Å². The molecule has 3 aliphatic rings. The average Bonchev–Trinajstić information content (AvgIpc) is 2.89. The van der Waals surface area contributed by atoms with Crippen LogP contribution in [0.4, 0.5) is 21.6 Å². The Hall–Kier alpha value is -4.24. The molecule has 2 N–H and O–H groups in total. The minimum atomic E-state index is -0.551. The number of nitrogens with one attached hydrogen (secondary N) is 2. The number of nitrogens with zero attached hydrogens (tertiary/aromatic N) is 4. The summed E-state index contributed by atoms with van der Waals surface area (Å²) in [7, 11) is 0. The van der Waals surface area contributed by atoms with E-state index in [0.717, 1.165) is 59.5 Å². The summed E-state index contributed by atoms with van der Waals surface area (Å²) in [5.74, 6) is -0.145. The Morgan fingerprint density at radius 2 is 2.03 bits per heavy atom. The van der Waals surface area contributed by atoms with Gasteiger partial charge < -0.3 is 15.0 Å². The van der Waals surface area contributed by atoms with E-state index in [1.165, 1.54) is 6.92 Å². The van der Waals surface area contributed by atoms with Crippen LogP contribution in [0.3, 0.4) is 0 Å². The molecule has 9 heteroatoms. The summed E-state index contributed by atoms with van der Waals surface area (Å²) < 4.78 is 18.5. The molecule has 1 saturated heterocycles. The number of carbonyl (C=O) groups is 1. The van der Waals surface area contributed by atoms with Gasteiger partial charge in [-0.15, -0.1) is 0 Å². The van der Waals surface area contributed by atoms with E-state index >= 15 is 0 Å². The van der Waals surface area contributed by atoms with Crippen molar-refractivity contribution in [3.8, 4) is 0 Å². The number of hydrogen-bond acceptors (Lipinski definition) is 7. The van der Waals surface area contributed by atoms with Crippen molar-refractivity contribution >= 4 is 35.0 Å². The third-order valence-electron chi connectivity index (χ3n) is 5.93. The molecule has 0 aliphatic carbocycles. The summed E-state index contributed by atoms with van der Waals surface area (Å²) in [6.45, 7) is 4.31. The van der Waals surface area contributed by atoms with Crippen LogP contribution in [0, 0.1) is 0 Å². The Labute approximate surface area is 209 Å². The number of carbonyl (C=O) groups excluding carboxylic acids is 1. The Bertz CT molecular complexity index is 1290. The zero-order valence-electron chi connectivity index (χ0n) is 19.9. The Morgan fingerprint density at radius 1 is 1.17 bits per heavy atom. The van der Waals surface area contributed by atoms with Gasteiger partial charge in [0.25, 0.3) is 5.91 Å². The van der Waals surface area contributed by atoms with Crippen LogP contribution in [0.1, 0.15) is 18.9 Å². The van der Waals surface area contributed by atoms with Gasteiger partial charge in [-0.1, -0.05) is 12.1 Å². The van der Waals surface area contributed by atoms with Crippen LogP contribution in [-0.2, 0) is 9.53 Å². The highest BCUT2D eigenvalue weighted by Crippen LogP contribution is 2.33. The molecule has 0 radical (unpaired) electrons. The molecule has 1 aromatic heterocycles. The molecule has 4 heterocycles. The predicted molar refractivity (Wildman–Crippen MR) is 140 cm³/mol. The average molecular weight is 487 g/mol. The fourth-order valence-corrected chi connectivity index (χ4v) is 4.19. The van der Waals surface area contributed by atoms with E-state index < -0.39 is 11.7 Å². The second-order valence-electron chi connectivity index (χ2n) is 8.59. The van der Waals surface area contributed by atoms with E-state index in [2.05, 4.69) is 31.7 Å². The summed E-state index contributed by atoms with van der Waals surface area (Å²) in [6.07, 6.45) is 11.3. The van der Waals surface area contributed by atoms with Gasteiger partial charge in [0.05, 0.1) is 30.8 Å². The molecule has 2 aromatic rings. The highest BCUT2D eigenvalue weighted by Gasteiger charge is 2.21. The van der Waals surface area contributed by atoms with E-state index in [-0.39, 0.29) is 0 Å². The van der Waals surface area contributed by atoms with Crippen LogP contribution in [0.2, 0.25) is 0 Å². The fraction of sp³-hybridized carbons (Fsp3) is 0.222. The van der Waals surface area contributed by atoms with E-state index in [4.69, 9.17) is 4.74 Å². The second-order valence-corrected chi connectivity index (χ2v) is 8.59. The first-order valence-corrected chi connectivity index (χ1v) is 11.8. The number of morpholine rings is 1. The van der Waals surface area contributed by atoms with Crippen LogP contribution in [0.5, 0.6) is 0 Å². The SMILES string of the molecule is C/C(F)=C/C(=O)Nc1cccc(C2=CC3=CN=CCC3=CN2Nc2ccc(N3CCOCC3)nc2)c1. The number of hydrogen-bond donors (Lipinski definition) is 2. The van der Waals surface area contributed by atoms with Gasteiger partial charge in [0.15, 0.2) is 0 Å². The molecular formula is C27H27FN6O2. The van der Waals surface area contributed by atoms with Gasteiger partial charge in [0.2, 0.25) is 0 Å². The Kier molecular flexibility index (Phi) is 6.90. The molecule has 1 fully saturated rings. The molecule has 1 amide bonds. The van der Waals surface area contributed by atoms with Gasteiger partial charge in [-0.3, -0.25) is 20.2 Å². The fourth-order valence-electron chi connectivity index (χ4n) is 4.19. The molecule has 0 unspecified atom stereocenters. The first-order chi connectivity index (χ1) is 17.5. The van der Waals surface area contributed by atoms with Crippen LogP contribution >= 0.6 is 0 Å². The number of aliphatic imine (C=N–C) groups is 1. The highest BCUT2D eigenvalue weighted by molar-refractivity contribution is 5.99. The normalized spacial score (nSPS) is 17.6. The Morgan fingerprint density at radius 3 is 2.81 bits per heavy atom. The van der Waals surface area contributed by atoms with E-state index in [1.807, 2.05) is 60.2 Å². The maximum absolute atomic E-state index is 13.1. The quantitative estimate of drug-likeness (QED) is 0.579. The van der Waals surface area contributed by atoms with E-state index in [1.54, 1.807) is 6.07 Å². The maximum atomic E-state index is 13.1. The zero-order chi connectivity index (χ0) is 24.9. The molecule has 36 heavy (non-hydrogen) atoms. The molecule has 0 spiro atoms. The molecule has 5 rings (SSSR count). The first-order valence-electron chi connectivity index (χ1n) is 11.8. The van der Waals surface area contributed by atoms with Crippen molar-refractivity contribution in [1.29, 1.82) is 0 Å². The number of halogens is 1. The van der Waals surface area contributed by atoms with Crippen LogP contribution in [0.15, 0.2) is 89.1 Å². The van der Waals surface area contributed by atoms with Crippen molar-refractivity contribution in [2.75, 3.05) is 41.9 Å². The topological polar surface area (TPSA) is 82.1 Å². The lowest BCUT2D eigenvalue weighted by molar-refractivity contribution is -0.112. The van der Waals surface area contributed by atoms with Crippen molar-refractivity contribution in [2.24, 2.45) is 4.99 Å². The number of pyridine rings is 1. The molecular weight excluding hydrogens is 459 g/mol. The Balaban J connectivity index is 1.40. The number of hydrazine groups is 1. The number of aromatic nitrogens is 1. The smallest absolute Gasteiger partial charge is 0.250 e. The van der Waals surface area contributed by atoms with Gasteiger partial charge in [0, 0.05) is 55.5 Å². The number of fused-ring (bicyclic) bond motifs is 1. The summed E-state index contributed by atoms with van der Waals surface area (Å²) >= 11 is 0. The number of benzene rings is 1. The zero-order valence-corrected chi connectivity index (χ0v) is 19.9. The second kappa shape index (κ2) is 10.6. The van der Waals surface area contributed by atoms with Gasteiger partial charge in [-0.2, -0.15) is 0 Å². The lowest BCUT2D eigenvalue weighted by Gasteiger charge is -2.32. The van der Waals surface area contributed by atoms with Gasteiger partial charge in [-0.05, 0) is 48.4 Å². The van der Waals surface area contributed by atoms with E-state index in [9.17, 15) is 9.18 Å². The standard InChI is InChI=1S/C27H27FN6O2/c1-19(28)13-27(35)31-23-4-2-3-20(14-23)25-15-22-16-29-8-7-21(22)18-34(25)32-24-5-6-26(30-17-24)33-9-11-36-12-10-33/h2-6,8,13-18,32H,7,9-12H2,1H3,(H,31,35)/b19-13-. The molecule has 0 saturated carbocycles. The lowest BCUT2D eigenvalue weighted by atomic mass is 9.97. The molecule has 0 atom stereocenters. The summed E-state index contributed by atoms with van der Waals surface area (Å²) in [5.41, 5.74) is 8.73. The maximum Gasteiger partial charge on any atom is 0.250 e. The van der Waals surface area contributed by atoms with Crippen molar-refractivity contribution in [2.45, 2.75) is 13.3 Å². The molecule has 1 aromatic carbocycles. The summed E-state index contributed by atoms with van der Waals surface area (Å²) in [5, 5.41) is 4.66. The van der Waals surface area contributed by atoms with Crippen LogP contribution < -0.4 is 15.6 Å². The van der Waals surface area contributed by atoms with E-state index in [0.29, 0.717) is 18.9 Å².